The van der Waals surface area contributed by atoms with Gasteiger partial charge >= 0.3 is 5.97 Å². The topological polar surface area (TPSA) is 158 Å². The monoisotopic (exact) mass is 586 g/mol. The molecule has 2 amide bonds. The van der Waals surface area contributed by atoms with Crippen molar-refractivity contribution >= 4 is 51.6 Å². The number of aromatic nitrogens is 3. The van der Waals surface area contributed by atoms with E-state index in [1.807, 2.05) is 0 Å². The molecule has 0 fully saturated rings. The molecule has 14 heteroatoms. The maximum Gasteiger partial charge on any atom is 0.341 e. The van der Waals surface area contributed by atoms with Crippen LogP contribution in [0.15, 0.2) is 29.4 Å². The Morgan fingerprint density at radius 1 is 1.18 bits per heavy atom. The van der Waals surface area contributed by atoms with Crippen molar-refractivity contribution in [2.45, 2.75) is 62.9 Å². The van der Waals surface area contributed by atoms with Crippen LogP contribution < -0.4 is 10.6 Å². The Bertz CT molecular complexity index is 1420. The maximum atomic E-state index is 13.2. The lowest BCUT2D eigenvalue weighted by molar-refractivity contribution is -0.384. The standard InChI is InChI=1S/C26H30N6O6S2/c1-4-38-25(35)21-18-8-6-5-7-9-19(18)40-24(21)28-22(33)15(2)39-26-30-29-20(31(26)3)14-27-23(34)16-10-12-17(13-11-16)32(36)37/h10-13,15H,4-9,14H2,1-3H3,(H,27,34)(H,28,33)/t15-/m0/s1. The smallest absolute Gasteiger partial charge is 0.341 e. The number of benzene rings is 1. The number of carbonyl (C=O) groups is 3. The number of nitro benzene ring substituents is 1. The SMILES string of the molecule is CCOC(=O)c1c(NC(=O)[C@H](C)Sc2nnc(CNC(=O)c3ccc([N+](=O)[O-])cc3)n2C)sc2c1CCCCC2. The molecule has 40 heavy (non-hydrogen) atoms. The number of rotatable bonds is 10. The van der Waals surface area contributed by atoms with E-state index in [-0.39, 0.29) is 30.3 Å². The molecule has 0 radical (unpaired) electrons. The summed E-state index contributed by atoms with van der Waals surface area (Å²) in [5.41, 5.74) is 1.64. The molecule has 0 unspecified atom stereocenters. The molecule has 0 saturated heterocycles. The number of amides is 2. The summed E-state index contributed by atoms with van der Waals surface area (Å²) in [6.07, 6.45) is 4.84. The van der Waals surface area contributed by atoms with Crippen molar-refractivity contribution in [1.29, 1.82) is 0 Å². The van der Waals surface area contributed by atoms with Crippen LogP contribution in [0.2, 0.25) is 0 Å². The first kappa shape index (κ1) is 29.2. The first-order chi connectivity index (χ1) is 19.2. The Morgan fingerprint density at radius 3 is 2.60 bits per heavy atom. The fourth-order valence-corrected chi connectivity index (χ4v) is 6.39. The summed E-state index contributed by atoms with van der Waals surface area (Å²) in [4.78, 5) is 49.8. The van der Waals surface area contributed by atoms with Crippen molar-refractivity contribution in [3.63, 3.8) is 0 Å². The van der Waals surface area contributed by atoms with Crippen LogP contribution in [0.3, 0.4) is 0 Å². The highest BCUT2D eigenvalue weighted by Gasteiger charge is 2.28. The number of thiophene rings is 1. The normalized spacial score (nSPS) is 13.6. The number of fused-ring (bicyclic) bond motifs is 1. The van der Waals surface area contributed by atoms with Crippen LogP contribution in [0.5, 0.6) is 0 Å². The second-order valence-electron chi connectivity index (χ2n) is 9.18. The van der Waals surface area contributed by atoms with Crippen molar-refractivity contribution in [1.82, 2.24) is 20.1 Å². The van der Waals surface area contributed by atoms with Gasteiger partial charge in [-0.1, -0.05) is 18.2 Å². The van der Waals surface area contributed by atoms with E-state index in [1.165, 1.54) is 47.4 Å². The summed E-state index contributed by atoms with van der Waals surface area (Å²) in [5, 5.41) is 25.2. The molecule has 2 aromatic heterocycles. The largest absolute Gasteiger partial charge is 0.462 e. The van der Waals surface area contributed by atoms with Gasteiger partial charge in [-0.2, -0.15) is 0 Å². The lowest BCUT2D eigenvalue weighted by atomic mass is 10.1. The number of non-ortho nitro benzene ring substituents is 1. The van der Waals surface area contributed by atoms with E-state index in [1.54, 1.807) is 25.5 Å². The number of carbonyl (C=O) groups excluding carboxylic acids is 3. The number of hydrogen-bond acceptors (Lipinski definition) is 10. The molecule has 0 aliphatic heterocycles. The van der Waals surface area contributed by atoms with Crippen molar-refractivity contribution in [2.24, 2.45) is 7.05 Å². The van der Waals surface area contributed by atoms with Crippen molar-refractivity contribution in [3.8, 4) is 0 Å². The van der Waals surface area contributed by atoms with Crippen LogP contribution >= 0.6 is 23.1 Å². The van der Waals surface area contributed by atoms with Gasteiger partial charge in [-0.15, -0.1) is 21.5 Å². The van der Waals surface area contributed by atoms with E-state index in [4.69, 9.17) is 4.74 Å². The van der Waals surface area contributed by atoms with Gasteiger partial charge in [0, 0.05) is 29.6 Å². The number of thioether (sulfide) groups is 1. The third-order valence-electron chi connectivity index (χ3n) is 6.46. The average molecular weight is 587 g/mol. The molecule has 2 heterocycles. The quantitative estimate of drug-likeness (QED) is 0.116. The van der Waals surface area contributed by atoms with Gasteiger partial charge in [0.1, 0.15) is 5.00 Å². The third-order valence-corrected chi connectivity index (χ3v) is 8.80. The fraction of sp³-hybridized carbons (Fsp3) is 0.423. The molecule has 2 N–H and O–H groups in total. The minimum atomic E-state index is -0.553. The van der Waals surface area contributed by atoms with E-state index >= 15 is 0 Å². The molecule has 1 aliphatic rings. The fourth-order valence-electron chi connectivity index (χ4n) is 4.27. The van der Waals surface area contributed by atoms with Gasteiger partial charge in [-0.3, -0.25) is 19.7 Å². The van der Waals surface area contributed by atoms with E-state index < -0.39 is 22.0 Å². The predicted octanol–water partition coefficient (Wildman–Crippen LogP) is 4.28. The van der Waals surface area contributed by atoms with Gasteiger partial charge in [0.25, 0.3) is 11.6 Å². The summed E-state index contributed by atoms with van der Waals surface area (Å²) in [6, 6.07) is 5.29. The molecule has 1 aliphatic carbocycles. The summed E-state index contributed by atoms with van der Waals surface area (Å²) < 4.78 is 6.99. The van der Waals surface area contributed by atoms with Crippen molar-refractivity contribution in [3.05, 3.63) is 61.8 Å². The lowest BCUT2D eigenvalue weighted by Gasteiger charge is -2.12. The average Bonchev–Trinajstić information content (AvgIpc) is 3.36. The Kier molecular flexibility index (Phi) is 9.53. The minimum Gasteiger partial charge on any atom is -0.462 e. The Morgan fingerprint density at radius 2 is 1.90 bits per heavy atom. The summed E-state index contributed by atoms with van der Waals surface area (Å²) >= 11 is 2.65. The second-order valence-corrected chi connectivity index (χ2v) is 11.6. The van der Waals surface area contributed by atoms with Crippen LogP contribution in [0.25, 0.3) is 0 Å². The third kappa shape index (κ3) is 6.67. The number of aryl methyl sites for hydroxylation is 1. The molecular formula is C26H30N6O6S2. The van der Waals surface area contributed by atoms with Crippen LogP contribution in [0.1, 0.15) is 70.1 Å². The minimum absolute atomic E-state index is 0.0735. The number of hydrogen-bond donors (Lipinski definition) is 2. The van der Waals surface area contributed by atoms with Gasteiger partial charge in [0.05, 0.1) is 28.9 Å². The molecule has 212 valence electrons. The molecule has 1 atom stereocenters. The number of ether oxygens (including phenoxy) is 1. The van der Waals surface area contributed by atoms with E-state index in [2.05, 4.69) is 20.8 Å². The molecule has 1 aromatic carbocycles. The van der Waals surface area contributed by atoms with Gasteiger partial charge in [0.2, 0.25) is 5.91 Å². The number of nitrogens with zero attached hydrogens (tertiary/aromatic N) is 4. The molecule has 0 bridgehead atoms. The first-order valence-corrected chi connectivity index (χ1v) is 14.6. The zero-order chi connectivity index (χ0) is 28.8. The predicted molar refractivity (Wildman–Crippen MR) is 151 cm³/mol. The van der Waals surface area contributed by atoms with Crippen LogP contribution in [0, 0.1) is 10.1 Å². The Labute approximate surface area is 239 Å². The van der Waals surface area contributed by atoms with Gasteiger partial charge in [-0.25, -0.2) is 4.79 Å². The zero-order valence-corrected chi connectivity index (χ0v) is 24.0. The summed E-state index contributed by atoms with van der Waals surface area (Å²) in [6.45, 7) is 3.83. The van der Waals surface area contributed by atoms with Crippen molar-refractivity contribution < 1.29 is 24.0 Å². The number of nitrogens with one attached hydrogen (secondary N) is 2. The van der Waals surface area contributed by atoms with Crippen LogP contribution in [0.4, 0.5) is 10.7 Å². The molecule has 12 nitrogen and oxygen atoms in total. The molecule has 0 spiro atoms. The Hall–Kier alpha value is -3.78. The lowest BCUT2D eigenvalue weighted by Crippen LogP contribution is -2.25. The number of anilines is 1. The maximum absolute atomic E-state index is 13.2. The van der Waals surface area contributed by atoms with Gasteiger partial charge < -0.3 is 19.9 Å². The highest BCUT2D eigenvalue weighted by atomic mass is 32.2. The zero-order valence-electron chi connectivity index (χ0n) is 22.4. The highest BCUT2D eigenvalue weighted by Crippen LogP contribution is 2.38. The number of nitro groups is 1. The summed E-state index contributed by atoms with van der Waals surface area (Å²) in [5.74, 6) is -0.627. The Balaban J connectivity index is 1.39. The van der Waals surface area contributed by atoms with Crippen LogP contribution in [-0.4, -0.2) is 49.3 Å². The van der Waals surface area contributed by atoms with E-state index in [0.29, 0.717) is 21.5 Å². The van der Waals surface area contributed by atoms with Crippen LogP contribution in [-0.2, 0) is 36.0 Å². The van der Waals surface area contributed by atoms with Gasteiger partial charge in [0.15, 0.2) is 11.0 Å². The highest BCUT2D eigenvalue weighted by molar-refractivity contribution is 8.00. The van der Waals surface area contributed by atoms with Crippen molar-refractivity contribution in [2.75, 3.05) is 11.9 Å². The first-order valence-electron chi connectivity index (χ1n) is 12.9. The molecular weight excluding hydrogens is 556 g/mol. The van der Waals surface area contributed by atoms with Gasteiger partial charge in [-0.05, 0) is 57.2 Å². The molecule has 0 saturated carbocycles. The van der Waals surface area contributed by atoms with E-state index in [0.717, 1.165) is 42.5 Å². The van der Waals surface area contributed by atoms with E-state index in [9.17, 15) is 24.5 Å². The molecule has 4 rings (SSSR count). The molecule has 3 aromatic rings. The second kappa shape index (κ2) is 13.0. The number of esters is 1. The summed E-state index contributed by atoms with van der Waals surface area (Å²) in [7, 11) is 1.73.